The van der Waals surface area contributed by atoms with E-state index < -0.39 is 34.5 Å². The van der Waals surface area contributed by atoms with Crippen LogP contribution < -0.4 is 5.32 Å². The van der Waals surface area contributed by atoms with E-state index in [1.54, 1.807) is 24.3 Å². The van der Waals surface area contributed by atoms with Crippen molar-refractivity contribution in [3.05, 3.63) is 65.2 Å². The highest BCUT2D eigenvalue weighted by Crippen LogP contribution is 2.20. The van der Waals surface area contributed by atoms with Gasteiger partial charge in [0.25, 0.3) is 5.91 Å². The van der Waals surface area contributed by atoms with Gasteiger partial charge in [-0.1, -0.05) is 41.9 Å². The second-order valence-electron chi connectivity index (χ2n) is 7.77. The fourth-order valence-electron chi connectivity index (χ4n) is 3.58. The summed E-state index contributed by atoms with van der Waals surface area (Å²) in [5, 5.41) is 3.15. The van der Waals surface area contributed by atoms with Crippen molar-refractivity contribution in [3.63, 3.8) is 0 Å². The Hall–Kier alpha value is -2.95. The maximum absolute atomic E-state index is 12.8. The van der Waals surface area contributed by atoms with Crippen LogP contribution in [0.25, 0.3) is 0 Å². The minimum Gasteiger partial charge on any atom is -0.455 e. The van der Waals surface area contributed by atoms with Gasteiger partial charge in [-0.3, -0.25) is 14.4 Å². The highest BCUT2D eigenvalue weighted by Gasteiger charge is 2.30. The molecule has 182 valence electrons. The summed E-state index contributed by atoms with van der Waals surface area (Å²) < 4.78 is 32.0. The van der Waals surface area contributed by atoms with Gasteiger partial charge in [-0.15, -0.1) is 0 Å². The average molecular weight is 508 g/mol. The summed E-state index contributed by atoms with van der Waals surface area (Å²) in [4.78, 5) is 37.9. The lowest BCUT2D eigenvalue weighted by Gasteiger charge is -2.33. The predicted octanol–water partition coefficient (Wildman–Crippen LogP) is 1.98. The van der Waals surface area contributed by atoms with Gasteiger partial charge in [-0.25, -0.2) is 8.42 Å². The summed E-state index contributed by atoms with van der Waals surface area (Å²) in [5.74, 6) is -1.32. The van der Waals surface area contributed by atoms with Crippen LogP contribution in [-0.2, 0) is 29.1 Å². The van der Waals surface area contributed by atoms with E-state index in [1.165, 1.54) is 40.4 Å². The van der Waals surface area contributed by atoms with Crippen molar-refractivity contribution >= 4 is 39.4 Å². The Morgan fingerprint density at radius 3 is 2.21 bits per heavy atom. The lowest BCUT2D eigenvalue weighted by Crippen LogP contribution is -2.51. The first kappa shape index (κ1) is 25.7. The number of nitrogens with zero attached hydrogens (tertiary/aromatic N) is 2. The van der Waals surface area contributed by atoms with Crippen LogP contribution >= 0.6 is 11.6 Å². The normalized spacial score (nSPS) is 15.4. The van der Waals surface area contributed by atoms with Crippen LogP contribution in [0.1, 0.15) is 24.9 Å². The molecule has 1 atom stereocenters. The zero-order valence-electron chi connectivity index (χ0n) is 18.6. The Morgan fingerprint density at radius 2 is 1.62 bits per heavy atom. The largest absolute Gasteiger partial charge is 0.455 e. The molecule has 1 N–H and O–H groups in total. The second-order valence-corrected chi connectivity index (χ2v) is 10.1. The molecule has 0 spiro atoms. The number of piperazine rings is 1. The molecular formula is C23H26ClN3O6S. The minimum atomic E-state index is -3.69. The van der Waals surface area contributed by atoms with Crippen LogP contribution in [0.4, 0.5) is 0 Å². The van der Waals surface area contributed by atoms with E-state index >= 15 is 0 Å². The number of carbonyl (C=O) groups is 3. The van der Waals surface area contributed by atoms with Gasteiger partial charge in [-0.05, 0) is 29.8 Å². The summed E-state index contributed by atoms with van der Waals surface area (Å²) in [5.41, 5.74) is 0.749. The number of nitrogens with one attached hydrogen (secondary N) is 1. The molecule has 0 aliphatic carbocycles. The summed E-state index contributed by atoms with van der Waals surface area (Å²) in [6.07, 6.45) is -0.121. The number of halogens is 1. The zero-order chi connectivity index (χ0) is 24.7. The van der Waals surface area contributed by atoms with Gasteiger partial charge in [-0.2, -0.15) is 4.31 Å². The van der Waals surface area contributed by atoms with Crippen LogP contribution in [0.3, 0.4) is 0 Å². The first-order valence-electron chi connectivity index (χ1n) is 10.7. The van der Waals surface area contributed by atoms with E-state index in [9.17, 15) is 22.8 Å². The zero-order valence-corrected chi connectivity index (χ0v) is 20.2. The molecule has 2 aromatic carbocycles. The third kappa shape index (κ3) is 6.78. The lowest BCUT2D eigenvalue weighted by atomic mass is 10.0. The quantitative estimate of drug-likeness (QED) is 0.547. The SMILES string of the molecule is CC(=O)N[C@H](CC(=O)OCC(=O)N1CCN(S(=O)(=O)c2ccc(Cl)cc2)CC1)c1ccccc1. The maximum atomic E-state index is 12.8. The maximum Gasteiger partial charge on any atom is 0.308 e. The molecule has 1 heterocycles. The van der Waals surface area contributed by atoms with E-state index in [4.69, 9.17) is 16.3 Å². The molecule has 3 rings (SSSR count). The third-order valence-corrected chi connectivity index (χ3v) is 7.51. The number of carbonyl (C=O) groups excluding carboxylic acids is 3. The molecule has 9 nitrogen and oxygen atoms in total. The highest BCUT2D eigenvalue weighted by atomic mass is 35.5. The number of rotatable bonds is 8. The van der Waals surface area contributed by atoms with Gasteiger partial charge in [0, 0.05) is 38.1 Å². The molecule has 11 heteroatoms. The lowest BCUT2D eigenvalue weighted by molar-refractivity contribution is -0.153. The fourth-order valence-corrected chi connectivity index (χ4v) is 5.12. The van der Waals surface area contributed by atoms with Gasteiger partial charge >= 0.3 is 5.97 Å². The second kappa shape index (κ2) is 11.5. The molecule has 0 saturated carbocycles. The van der Waals surface area contributed by atoms with Crippen LogP contribution in [0, 0.1) is 0 Å². The van der Waals surface area contributed by atoms with Crippen LogP contribution in [0.2, 0.25) is 5.02 Å². The molecule has 0 unspecified atom stereocenters. The van der Waals surface area contributed by atoms with Crippen molar-refractivity contribution < 1.29 is 27.5 Å². The molecule has 34 heavy (non-hydrogen) atoms. The van der Waals surface area contributed by atoms with Crippen molar-refractivity contribution in [3.8, 4) is 0 Å². The van der Waals surface area contributed by atoms with Gasteiger partial charge in [0.05, 0.1) is 17.4 Å². The molecule has 1 saturated heterocycles. The Balaban J connectivity index is 1.49. The Labute approximate surface area is 203 Å². The van der Waals surface area contributed by atoms with Crippen molar-refractivity contribution in [2.24, 2.45) is 0 Å². The van der Waals surface area contributed by atoms with Crippen LogP contribution in [0.5, 0.6) is 0 Å². The van der Waals surface area contributed by atoms with E-state index in [2.05, 4.69) is 5.32 Å². The van der Waals surface area contributed by atoms with Crippen molar-refractivity contribution in [1.82, 2.24) is 14.5 Å². The van der Waals surface area contributed by atoms with Gasteiger partial charge in [0.15, 0.2) is 6.61 Å². The molecular weight excluding hydrogens is 482 g/mol. The topological polar surface area (TPSA) is 113 Å². The number of sulfonamides is 1. The summed E-state index contributed by atoms with van der Waals surface area (Å²) in [6.45, 7) is 1.53. The first-order valence-corrected chi connectivity index (χ1v) is 12.5. The number of benzene rings is 2. The Kier molecular flexibility index (Phi) is 8.65. The summed E-state index contributed by atoms with van der Waals surface area (Å²) in [7, 11) is -3.69. The predicted molar refractivity (Wildman–Crippen MR) is 125 cm³/mol. The molecule has 1 aliphatic rings. The average Bonchev–Trinajstić information content (AvgIpc) is 2.83. The fraction of sp³-hybridized carbons (Fsp3) is 0.348. The van der Waals surface area contributed by atoms with Crippen LogP contribution in [0.15, 0.2) is 59.5 Å². The van der Waals surface area contributed by atoms with Gasteiger partial charge < -0.3 is 15.0 Å². The molecule has 1 fully saturated rings. The summed E-state index contributed by atoms with van der Waals surface area (Å²) in [6, 6.07) is 14.3. The standard InChI is InChI=1S/C23H26ClN3O6S/c1-17(28)25-21(18-5-3-2-4-6-18)15-23(30)33-16-22(29)26-11-13-27(14-12-26)34(31,32)20-9-7-19(24)8-10-20/h2-10,21H,11-16H2,1H3,(H,25,28)/t21-/m1/s1. The van der Waals surface area contributed by atoms with Crippen molar-refractivity contribution in [1.29, 1.82) is 0 Å². The van der Waals surface area contributed by atoms with E-state index in [-0.39, 0.29) is 43.4 Å². The first-order chi connectivity index (χ1) is 16.2. The minimum absolute atomic E-state index is 0.121. The van der Waals surface area contributed by atoms with E-state index in [0.29, 0.717) is 5.02 Å². The number of amides is 2. The van der Waals surface area contributed by atoms with Gasteiger partial charge in [0.2, 0.25) is 15.9 Å². The Bertz CT molecular complexity index is 1120. The number of esters is 1. The highest BCUT2D eigenvalue weighted by molar-refractivity contribution is 7.89. The smallest absolute Gasteiger partial charge is 0.308 e. The molecule has 2 aromatic rings. The molecule has 0 aromatic heterocycles. The molecule has 0 bridgehead atoms. The number of hydrogen-bond donors (Lipinski definition) is 1. The number of hydrogen-bond acceptors (Lipinski definition) is 6. The van der Waals surface area contributed by atoms with Crippen LogP contribution in [-0.4, -0.2) is 68.2 Å². The number of ether oxygens (including phenoxy) is 1. The summed E-state index contributed by atoms with van der Waals surface area (Å²) >= 11 is 5.83. The molecule has 2 amide bonds. The van der Waals surface area contributed by atoms with Gasteiger partial charge in [0.1, 0.15) is 0 Å². The van der Waals surface area contributed by atoms with Crippen molar-refractivity contribution in [2.75, 3.05) is 32.8 Å². The van der Waals surface area contributed by atoms with E-state index in [1.807, 2.05) is 6.07 Å². The molecule has 1 aliphatic heterocycles. The van der Waals surface area contributed by atoms with Crippen molar-refractivity contribution in [2.45, 2.75) is 24.3 Å². The third-order valence-electron chi connectivity index (χ3n) is 5.35. The monoisotopic (exact) mass is 507 g/mol. The molecule has 0 radical (unpaired) electrons. The Morgan fingerprint density at radius 1 is 1.00 bits per heavy atom. The van der Waals surface area contributed by atoms with E-state index in [0.717, 1.165) is 5.56 Å².